The molecule has 0 spiro atoms. The van der Waals surface area contributed by atoms with Crippen molar-refractivity contribution in [2.75, 3.05) is 16.8 Å². The molecule has 2 amide bonds. The number of hydrogen-bond donors (Lipinski definition) is 1. The standard InChI is InChI=1S/C20H19FN4O2S/c1-2-3-12-25(19(27)22-17-10-8-16(21)9-11-17)20-24-23-18(28-20)15-6-4-14(13-26)5-7-15/h4-11,13H,2-3,12H2,1H3,(H,22,27). The maximum Gasteiger partial charge on any atom is 0.328 e. The molecule has 0 saturated heterocycles. The molecular weight excluding hydrogens is 379 g/mol. The first-order chi connectivity index (χ1) is 13.6. The Morgan fingerprint density at radius 1 is 1.14 bits per heavy atom. The second-order valence-corrected chi connectivity index (χ2v) is 7.03. The Morgan fingerprint density at radius 3 is 2.50 bits per heavy atom. The SMILES string of the molecule is CCCCN(C(=O)Nc1ccc(F)cc1)c1nnc(-c2ccc(C=O)cc2)s1. The molecule has 1 heterocycles. The summed E-state index contributed by atoms with van der Waals surface area (Å²) >= 11 is 1.29. The van der Waals surface area contributed by atoms with E-state index < -0.39 is 0 Å². The first-order valence-electron chi connectivity index (χ1n) is 8.84. The van der Waals surface area contributed by atoms with Gasteiger partial charge >= 0.3 is 6.03 Å². The maximum absolute atomic E-state index is 13.1. The Kier molecular flexibility index (Phi) is 6.44. The third-order valence-electron chi connectivity index (χ3n) is 4.01. The monoisotopic (exact) mass is 398 g/mol. The lowest BCUT2D eigenvalue weighted by Crippen LogP contribution is -2.35. The summed E-state index contributed by atoms with van der Waals surface area (Å²) in [5.74, 6) is -0.366. The largest absolute Gasteiger partial charge is 0.328 e. The summed E-state index contributed by atoms with van der Waals surface area (Å²) in [7, 11) is 0. The number of carbonyl (C=O) groups excluding carboxylic acids is 2. The van der Waals surface area contributed by atoms with Gasteiger partial charge in [-0.3, -0.25) is 9.69 Å². The molecule has 6 nitrogen and oxygen atoms in total. The van der Waals surface area contributed by atoms with Gasteiger partial charge < -0.3 is 5.32 Å². The van der Waals surface area contributed by atoms with Gasteiger partial charge in [0.2, 0.25) is 5.13 Å². The predicted octanol–water partition coefficient (Wildman–Crippen LogP) is 5.00. The van der Waals surface area contributed by atoms with Gasteiger partial charge in [-0.2, -0.15) is 0 Å². The lowest BCUT2D eigenvalue weighted by Gasteiger charge is -2.19. The van der Waals surface area contributed by atoms with Crippen molar-refractivity contribution in [2.45, 2.75) is 19.8 Å². The van der Waals surface area contributed by atoms with Crippen LogP contribution >= 0.6 is 11.3 Å². The van der Waals surface area contributed by atoms with Crippen molar-refractivity contribution >= 4 is 34.5 Å². The first kappa shape index (κ1) is 19.6. The zero-order valence-electron chi connectivity index (χ0n) is 15.3. The van der Waals surface area contributed by atoms with Gasteiger partial charge in [0.1, 0.15) is 17.1 Å². The highest BCUT2D eigenvalue weighted by Crippen LogP contribution is 2.29. The van der Waals surface area contributed by atoms with E-state index in [1.54, 1.807) is 24.3 Å². The van der Waals surface area contributed by atoms with Crippen molar-refractivity contribution in [3.05, 3.63) is 59.9 Å². The molecule has 0 unspecified atom stereocenters. The number of urea groups is 1. The van der Waals surface area contributed by atoms with Crippen LogP contribution in [0.1, 0.15) is 30.1 Å². The number of nitrogens with one attached hydrogen (secondary N) is 1. The van der Waals surface area contributed by atoms with Crippen molar-refractivity contribution in [3.8, 4) is 10.6 Å². The number of unbranched alkanes of at least 4 members (excludes halogenated alkanes) is 1. The van der Waals surface area contributed by atoms with Gasteiger partial charge in [-0.1, -0.05) is 48.9 Å². The lowest BCUT2D eigenvalue weighted by atomic mass is 10.2. The minimum Gasteiger partial charge on any atom is -0.307 e. The molecule has 1 aromatic heterocycles. The van der Waals surface area contributed by atoms with E-state index in [2.05, 4.69) is 15.5 Å². The predicted molar refractivity (Wildman–Crippen MR) is 108 cm³/mol. The summed E-state index contributed by atoms with van der Waals surface area (Å²) in [6, 6.07) is 12.2. The Labute approximate surface area is 166 Å². The maximum atomic E-state index is 13.1. The van der Waals surface area contributed by atoms with Crippen LogP contribution in [0, 0.1) is 5.82 Å². The van der Waals surface area contributed by atoms with Crippen molar-refractivity contribution in [2.24, 2.45) is 0 Å². The number of nitrogens with zero attached hydrogens (tertiary/aromatic N) is 3. The van der Waals surface area contributed by atoms with Crippen LogP contribution in [0.15, 0.2) is 48.5 Å². The molecule has 0 aliphatic heterocycles. The Balaban J connectivity index is 1.80. The second kappa shape index (κ2) is 9.18. The van der Waals surface area contributed by atoms with Gasteiger partial charge in [0.05, 0.1) is 0 Å². The normalized spacial score (nSPS) is 10.5. The van der Waals surface area contributed by atoms with E-state index in [1.807, 2.05) is 6.92 Å². The number of aldehydes is 1. The molecular formula is C20H19FN4O2S. The van der Waals surface area contributed by atoms with Crippen molar-refractivity contribution in [1.29, 1.82) is 0 Å². The quantitative estimate of drug-likeness (QED) is 0.569. The van der Waals surface area contributed by atoms with Crippen LogP contribution in [0.5, 0.6) is 0 Å². The molecule has 2 aromatic carbocycles. The van der Waals surface area contributed by atoms with Crippen molar-refractivity contribution in [3.63, 3.8) is 0 Å². The number of carbonyl (C=O) groups is 2. The first-order valence-corrected chi connectivity index (χ1v) is 9.65. The Bertz CT molecular complexity index is 942. The highest BCUT2D eigenvalue weighted by molar-refractivity contribution is 7.18. The number of aromatic nitrogens is 2. The number of amides is 2. The third kappa shape index (κ3) is 4.77. The van der Waals surface area contributed by atoms with Crippen LogP contribution in [0.4, 0.5) is 20.0 Å². The number of halogens is 1. The Hall–Kier alpha value is -3.13. The average Bonchev–Trinajstić information content (AvgIpc) is 3.20. The van der Waals surface area contributed by atoms with Crippen LogP contribution in [-0.4, -0.2) is 29.1 Å². The summed E-state index contributed by atoms with van der Waals surface area (Å²) in [6.07, 6.45) is 2.50. The molecule has 1 N–H and O–H groups in total. The molecule has 0 radical (unpaired) electrons. The molecule has 0 aliphatic carbocycles. The molecule has 0 saturated carbocycles. The summed E-state index contributed by atoms with van der Waals surface area (Å²) in [5.41, 5.74) is 1.91. The smallest absolute Gasteiger partial charge is 0.307 e. The fourth-order valence-corrected chi connectivity index (χ4v) is 3.34. The van der Waals surface area contributed by atoms with Gasteiger partial charge in [-0.25, -0.2) is 9.18 Å². The molecule has 0 aliphatic rings. The van der Waals surface area contributed by atoms with Gasteiger partial charge in [-0.05, 0) is 30.7 Å². The van der Waals surface area contributed by atoms with Crippen LogP contribution in [0.3, 0.4) is 0 Å². The molecule has 8 heteroatoms. The second-order valence-electron chi connectivity index (χ2n) is 6.07. The summed E-state index contributed by atoms with van der Waals surface area (Å²) in [5, 5.41) is 12.2. The molecule has 144 valence electrons. The molecule has 0 bridgehead atoms. The number of benzene rings is 2. The van der Waals surface area contributed by atoms with E-state index in [9.17, 15) is 14.0 Å². The molecule has 28 heavy (non-hydrogen) atoms. The van der Waals surface area contributed by atoms with E-state index in [4.69, 9.17) is 0 Å². The molecule has 0 atom stereocenters. The van der Waals surface area contributed by atoms with Gasteiger partial charge in [0.15, 0.2) is 0 Å². The highest BCUT2D eigenvalue weighted by Gasteiger charge is 2.20. The summed E-state index contributed by atoms with van der Waals surface area (Å²) in [6.45, 7) is 2.53. The Morgan fingerprint density at radius 2 is 1.86 bits per heavy atom. The summed E-state index contributed by atoms with van der Waals surface area (Å²) < 4.78 is 13.1. The molecule has 3 rings (SSSR count). The zero-order chi connectivity index (χ0) is 19.9. The van der Waals surface area contributed by atoms with E-state index >= 15 is 0 Å². The third-order valence-corrected chi connectivity index (χ3v) is 5.01. The van der Waals surface area contributed by atoms with Crippen LogP contribution in [-0.2, 0) is 0 Å². The van der Waals surface area contributed by atoms with Crippen LogP contribution < -0.4 is 10.2 Å². The van der Waals surface area contributed by atoms with Crippen molar-refractivity contribution in [1.82, 2.24) is 10.2 Å². The zero-order valence-corrected chi connectivity index (χ0v) is 16.1. The fourth-order valence-electron chi connectivity index (χ4n) is 2.47. The van der Waals surface area contributed by atoms with Crippen LogP contribution in [0.25, 0.3) is 10.6 Å². The lowest BCUT2D eigenvalue weighted by molar-refractivity contribution is 0.112. The number of rotatable bonds is 7. The molecule has 3 aromatic rings. The average molecular weight is 398 g/mol. The topological polar surface area (TPSA) is 75.2 Å². The number of hydrogen-bond acceptors (Lipinski definition) is 5. The van der Waals surface area contributed by atoms with Gasteiger partial charge in [-0.15, -0.1) is 10.2 Å². The fraction of sp³-hybridized carbons (Fsp3) is 0.200. The van der Waals surface area contributed by atoms with Gasteiger partial charge in [0, 0.05) is 23.4 Å². The van der Waals surface area contributed by atoms with Crippen molar-refractivity contribution < 1.29 is 14.0 Å². The number of anilines is 2. The van der Waals surface area contributed by atoms with E-state index in [1.165, 1.54) is 40.5 Å². The minimum absolute atomic E-state index is 0.348. The molecule has 0 fully saturated rings. The van der Waals surface area contributed by atoms with E-state index in [-0.39, 0.29) is 11.8 Å². The van der Waals surface area contributed by atoms with Crippen LogP contribution in [0.2, 0.25) is 0 Å². The minimum atomic E-state index is -0.366. The van der Waals surface area contributed by atoms with E-state index in [0.29, 0.717) is 27.9 Å². The van der Waals surface area contributed by atoms with E-state index in [0.717, 1.165) is 24.7 Å². The van der Waals surface area contributed by atoms with Gasteiger partial charge in [0.25, 0.3) is 0 Å². The highest BCUT2D eigenvalue weighted by atomic mass is 32.1. The summed E-state index contributed by atoms with van der Waals surface area (Å²) in [4.78, 5) is 25.1.